The third-order valence-corrected chi connectivity index (χ3v) is 4.38. The van der Waals surface area contributed by atoms with E-state index in [1.54, 1.807) is 6.92 Å². The van der Waals surface area contributed by atoms with Crippen LogP contribution in [0, 0.1) is 0 Å². The number of methoxy groups -OCH3 is 1. The van der Waals surface area contributed by atoms with Gasteiger partial charge in [-0.15, -0.1) is 0 Å². The first kappa shape index (κ1) is 18.9. The predicted molar refractivity (Wildman–Crippen MR) is 93.7 cm³/mol. The summed E-state index contributed by atoms with van der Waals surface area (Å²) >= 11 is 0. The van der Waals surface area contributed by atoms with Gasteiger partial charge in [0, 0.05) is 5.69 Å². The summed E-state index contributed by atoms with van der Waals surface area (Å²) in [5, 5.41) is 7.76. The molecule has 8 heteroatoms. The van der Waals surface area contributed by atoms with Crippen LogP contribution in [0.5, 0.6) is 5.75 Å². The Kier molecular flexibility index (Phi) is 6.13. The number of primary sulfonamides is 1. The zero-order chi connectivity index (χ0) is 18.4. The zero-order valence-corrected chi connectivity index (χ0v) is 14.7. The number of benzene rings is 2. The molecule has 0 aliphatic heterocycles. The minimum absolute atomic E-state index is 0.105. The Labute approximate surface area is 146 Å². The van der Waals surface area contributed by atoms with Gasteiger partial charge >= 0.3 is 0 Å². The molecule has 0 aromatic heterocycles. The van der Waals surface area contributed by atoms with Crippen molar-refractivity contribution in [3.63, 3.8) is 0 Å². The van der Waals surface area contributed by atoms with Gasteiger partial charge in [-0.2, -0.15) is 0 Å². The average Bonchev–Trinajstić information content (AvgIpc) is 2.59. The van der Waals surface area contributed by atoms with Crippen LogP contribution in [0.2, 0.25) is 0 Å². The second-order valence-corrected chi connectivity index (χ2v) is 6.87. The molecule has 0 fully saturated rings. The SMILES string of the molecule is COc1ccc(NC(=O)C(C)OCc2ccccc2)cc1S(N)(=O)=O. The molecule has 134 valence electrons. The summed E-state index contributed by atoms with van der Waals surface area (Å²) in [4.78, 5) is 12.0. The van der Waals surface area contributed by atoms with E-state index < -0.39 is 22.0 Å². The molecule has 0 heterocycles. The average molecular weight is 364 g/mol. The highest BCUT2D eigenvalue weighted by molar-refractivity contribution is 7.89. The largest absolute Gasteiger partial charge is 0.495 e. The van der Waals surface area contributed by atoms with Gasteiger partial charge < -0.3 is 14.8 Å². The number of anilines is 1. The Morgan fingerprint density at radius 2 is 1.88 bits per heavy atom. The molecule has 25 heavy (non-hydrogen) atoms. The van der Waals surface area contributed by atoms with Crippen LogP contribution in [0.25, 0.3) is 0 Å². The molecule has 0 spiro atoms. The van der Waals surface area contributed by atoms with Crippen molar-refractivity contribution in [3.8, 4) is 5.75 Å². The molecule has 0 saturated carbocycles. The maximum atomic E-state index is 12.2. The normalized spacial score (nSPS) is 12.4. The number of nitrogens with two attached hydrogens (primary N) is 1. The Bertz CT molecular complexity index is 837. The maximum Gasteiger partial charge on any atom is 0.253 e. The van der Waals surface area contributed by atoms with Crippen molar-refractivity contribution in [2.75, 3.05) is 12.4 Å². The van der Waals surface area contributed by atoms with E-state index in [9.17, 15) is 13.2 Å². The smallest absolute Gasteiger partial charge is 0.253 e. The van der Waals surface area contributed by atoms with E-state index >= 15 is 0 Å². The van der Waals surface area contributed by atoms with E-state index in [1.165, 1.54) is 25.3 Å². The minimum Gasteiger partial charge on any atom is -0.495 e. The Balaban J connectivity index is 2.04. The van der Waals surface area contributed by atoms with E-state index in [0.29, 0.717) is 6.61 Å². The van der Waals surface area contributed by atoms with Crippen LogP contribution in [0.3, 0.4) is 0 Å². The lowest BCUT2D eigenvalue weighted by Gasteiger charge is -2.15. The number of carbonyl (C=O) groups is 1. The number of hydrogen-bond donors (Lipinski definition) is 2. The molecule has 0 aliphatic rings. The third-order valence-electron chi connectivity index (χ3n) is 3.45. The van der Waals surface area contributed by atoms with Crippen molar-refractivity contribution < 1.29 is 22.7 Å². The fraction of sp³-hybridized carbons (Fsp3) is 0.235. The summed E-state index contributed by atoms with van der Waals surface area (Å²) < 4.78 is 33.7. The van der Waals surface area contributed by atoms with Crippen molar-refractivity contribution in [2.24, 2.45) is 5.14 Å². The van der Waals surface area contributed by atoms with Crippen LogP contribution >= 0.6 is 0 Å². The molecule has 2 aromatic rings. The molecule has 2 rings (SSSR count). The van der Waals surface area contributed by atoms with Gasteiger partial charge in [-0.3, -0.25) is 4.79 Å². The van der Waals surface area contributed by atoms with Crippen molar-refractivity contribution in [2.45, 2.75) is 24.5 Å². The minimum atomic E-state index is -3.98. The highest BCUT2D eigenvalue weighted by Gasteiger charge is 2.18. The number of hydrogen-bond acceptors (Lipinski definition) is 5. The van der Waals surface area contributed by atoms with Gasteiger partial charge in [0.15, 0.2) is 0 Å². The lowest BCUT2D eigenvalue weighted by atomic mass is 10.2. The number of sulfonamides is 1. The molecule has 1 atom stereocenters. The van der Waals surface area contributed by atoms with E-state index in [1.807, 2.05) is 30.3 Å². The molecular formula is C17H20N2O5S. The van der Waals surface area contributed by atoms with Crippen molar-refractivity contribution in [1.29, 1.82) is 0 Å². The van der Waals surface area contributed by atoms with Gasteiger partial charge in [0.2, 0.25) is 10.0 Å². The standard InChI is InChI=1S/C17H20N2O5S/c1-12(24-11-13-6-4-3-5-7-13)17(20)19-14-8-9-15(23-2)16(10-14)25(18,21)22/h3-10,12H,11H2,1-2H3,(H,19,20)(H2,18,21,22). The van der Waals surface area contributed by atoms with Gasteiger partial charge in [-0.25, -0.2) is 13.6 Å². The fourth-order valence-electron chi connectivity index (χ4n) is 2.09. The maximum absolute atomic E-state index is 12.2. The lowest BCUT2D eigenvalue weighted by Crippen LogP contribution is -2.27. The summed E-state index contributed by atoms with van der Waals surface area (Å²) in [5.41, 5.74) is 1.23. The monoisotopic (exact) mass is 364 g/mol. The second kappa shape index (κ2) is 8.11. The first-order valence-electron chi connectivity index (χ1n) is 7.48. The molecule has 0 radical (unpaired) electrons. The molecule has 0 aliphatic carbocycles. The molecule has 3 N–H and O–H groups in total. The van der Waals surface area contributed by atoms with Gasteiger partial charge in [-0.05, 0) is 30.7 Å². The van der Waals surface area contributed by atoms with Crippen molar-refractivity contribution in [1.82, 2.24) is 0 Å². The van der Waals surface area contributed by atoms with Crippen molar-refractivity contribution >= 4 is 21.6 Å². The topological polar surface area (TPSA) is 108 Å². The molecule has 0 saturated heterocycles. The lowest BCUT2D eigenvalue weighted by molar-refractivity contribution is -0.127. The molecular weight excluding hydrogens is 344 g/mol. The Morgan fingerprint density at radius 1 is 1.20 bits per heavy atom. The Hall–Kier alpha value is -2.42. The molecule has 1 amide bonds. The first-order valence-corrected chi connectivity index (χ1v) is 9.03. The third kappa shape index (κ3) is 5.28. The number of ether oxygens (including phenoxy) is 2. The van der Waals surface area contributed by atoms with Crippen molar-refractivity contribution in [3.05, 3.63) is 54.1 Å². The van der Waals surface area contributed by atoms with E-state index in [2.05, 4.69) is 5.32 Å². The summed E-state index contributed by atoms with van der Waals surface area (Å²) in [5.74, 6) is -0.296. The summed E-state index contributed by atoms with van der Waals surface area (Å²) in [6.45, 7) is 1.91. The van der Waals surface area contributed by atoms with Crippen LogP contribution in [0.15, 0.2) is 53.4 Å². The second-order valence-electron chi connectivity index (χ2n) is 5.34. The fourth-order valence-corrected chi connectivity index (χ4v) is 2.81. The zero-order valence-electron chi connectivity index (χ0n) is 13.9. The Morgan fingerprint density at radius 3 is 2.48 bits per heavy atom. The highest BCUT2D eigenvalue weighted by atomic mass is 32.2. The van der Waals surface area contributed by atoms with Crippen LogP contribution in [-0.2, 0) is 26.2 Å². The first-order chi connectivity index (χ1) is 11.8. The van der Waals surface area contributed by atoms with E-state index in [0.717, 1.165) is 5.56 Å². The van der Waals surface area contributed by atoms with E-state index in [-0.39, 0.29) is 16.3 Å². The summed E-state index contributed by atoms with van der Waals surface area (Å²) in [6, 6.07) is 13.6. The van der Waals surface area contributed by atoms with Gasteiger partial charge in [0.25, 0.3) is 5.91 Å². The van der Waals surface area contributed by atoms with Crippen LogP contribution in [0.4, 0.5) is 5.69 Å². The predicted octanol–water partition coefficient (Wildman–Crippen LogP) is 1.89. The van der Waals surface area contributed by atoms with Gasteiger partial charge in [-0.1, -0.05) is 30.3 Å². The molecule has 7 nitrogen and oxygen atoms in total. The van der Waals surface area contributed by atoms with Crippen LogP contribution in [-0.4, -0.2) is 27.5 Å². The molecule has 2 aromatic carbocycles. The summed E-state index contributed by atoms with van der Waals surface area (Å²) in [6.07, 6.45) is -0.722. The number of carbonyl (C=O) groups excluding carboxylic acids is 1. The number of nitrogens with one attached hydrogen (secondary N) is 1. The van der Waals surface area contributed by atoms with Gasteiger partial charge in [0.05, 0.1) is 13.7 Å². The quantitative estimate of drug-likeness (QED) is 0.780. The van der Waals surface area contributed by atoms with E-state index in [4.69, 9.17) is 14.6 Å². The highest BCUT2D eigenvalue weighted by Crippen LogP contribution is 2.26. The number of rotatable bonds is 7. The number of amides is 1. The molecule has 1 unspecified atom stereocenters. The summed E-state index contributed by atoms with van der Waals surface area (Å²) in [7, 11) is -2.64. The van der Waals surface area contributed by atoms with Crippen LogP contribution < -0.4 is 15.2 Å². The van der Waals surface area contributed by atoms with Crippen LogP contribution in [0.1, 0.15) is 12.5 Å². The van der Waals surface area contributed by atoms with Gasteiger partial charge in [0.1, 0.15) is 16.7 Å². The molecule has 0 bridgehead atoms.